The molecule has 170 valence electrons. The topological polar surface area (TPSA) is 52.1 Å². The lowest BCUT2D eigenvalue weighted by atomic mass is 10.1. The Hall–Kier alpha value is -0.900. The van der Waals surface area contributed by atoms with E-state index in [0.717, 1.165) is 51.9 Å². The van der Waals surface area contributed by atoms with Gasteiger partial charge in [0.15, 0.2) is 5.96 Å². The number of aliphatic imine (C=N–C) groups is 1. The summed E-state index contributed by atoms with van der Waals surface area (Å²) in [6, 6.07) is 8.69. The van der Waals surface area contributed by atoms with Crippen molar-refractivity contribution in [2.24, 2.45) is 10.9 Å². The summed E-state index contributed by atoms with van der Waals surface area (Å²) >= 11 is 0. The number of hydrogen-bond donors (Lipinski definition) is 2. The minimum absolute atomic E-state index is 0. The zero-order chi connectivity index (χ0) is 20.3. The van der Waals surface area contributed by atoms with Gasteiger partial charge in [0.2, 0.25) is 0 Å². The molecule has 1 aromatic rings. The molecular weight excluding hydrogens is 489 g/mol. The summed E-state index contributed by atoms with van der Waals surface area (Å²) in [5.41, 5.74) is 2.68. The van der Waals surface area contributed by atoms with E-state index in [1.165, 1.54) is 43.6 Å². The van der Waals surface area contributed by atoms with Gasteiger partial charge < -0.3 is 20.3 Å². The number of benzene rings is 1. The SMILES string of the molecule is CCNC(=NCc1ccccc1CN1CCOCC1)NCC(C)CN1CCCC1.I. The van der Waals surface area contributed by atoms with Gasteiger partial charge in [-0.15, -0.1) is 24.0 Å². The minimum atomic E-state index is 0. The number of nitrogens with one attached hydrogen (secondary N) is 2. The third-order valence-corrected chi connectivity index (χ3v) is 5.75. The number of guanidine groups is 1. The van der Waals surface area contributed by atoms with Gasteiger partial charge >= 0.3 is 0 Å². The van der Waals surface area contributed by atoms with Crippen LogP contribution in [0.3, 0.4) is 0 Å². The van der Waals surface area contributed by atoms with Crippen molar-refractivity contribution in [2.45, 2.75) is 39.8 Å². The van der Waals surface area contributed by atoms with E-state index < -0.39 is 0 Å². The molecule has 0 spiro atoms. The number of morpholine rings is 1. The predicted octanol–water partition coefficient (Wildman–Crippen LogP) is 2.92. The standard InChI is InChI=1S/C23H39N5O.HI/c1-3-24-23(25-16-20(2)18-27-10-6-7-11-27)26-17-21-8-4-5-9-22(21)19-28-12-14-29-15-13-28;/h4-5,8-9,20H,3,6-7,10-19H2,1-2H3,(H2,24,25,26);1H. The summed E-state index contributed by atoms with van der Waals surface area (Å²) in [7, 11) is 0. The quantitative estimate of drug-likeness (QED) is 0.293. The van der Waals surface area contributed by atoms with Crippen LogP contribution in [0, 0.1) is 5.92 Å². The van der Waals surface area contributed by atoms with Crippen molar-refractivity contribution in [1.29, 1.82) is 0 Å². The lowest BCUT2D eigenvalue weighted by Gasteiger charge is -2.27. The largest absolute Gasteiger partial charge is 0.379 e. The Morgan fingerprint density at radius 3 is 2.43 bits per heavy atom. The van der Waals surface area contributed by atoms with Gasteiger partial charge in [-0.1, -0.05) is 31.2 Å². The first-order valence-corrected chi connectivity index (χ1v) is 11.4. The third-order valence-electron chi connectivity index (χ3n) is 5.75. The van der Waals surface area contributed by atoms with E-state index in [1.807, 2.05) is 0 Å². The van der Waals surface area contributed by atoms with E-state index in [0.29, 0.717) is 12.5 Å². The van der Waals surface area contributed by atoms with Crippen molar-refractivity contribution in [3.8, 4) is 0 Å². The zero-order valence-electron chi connectivity index (χ0n) is 18.7. The van der Waals surface area contributed by atoms with Gasteiger partial charge in [-0.05, 0) is 49.9 Å². The monoisotopic (exact) mass is 529 g/mol. The normalized spacial score (nSPS) is 19.3. The molecule has 0 radical (unpaired) electrons. The Balaban J connectivity index is 0.00000320. The van der Waals surface area contributed by atoms with Crippen molar-refractivity contribution in [1.82, 2.24) is 20.4 Å². The van der Waals surface area contributed by atoms with Gasteiger partial charge in [0.1, 0.15) is 0 Å². The molecule has 1 atom stereocenters. The molecule has 1 unspecified atom stereocenters. The van der Waals surface area contributed by atoms with Crippen LogP contribution in [0.25, 0.3) is 0 Å². The Morgan fingerprint density at radius 2 is 1.73 bits per heavy atom. The van der Waals surface area contributed by atoms with Gasteiger partial charge in [0.25, 0.3) is 0 Å². The highest BCUT2D eigenvalue weighted by molar-refractivity contribution is 14.0. The fraction of sp³-hybridized carbons (Fsp3) is 0.696. The van der Waals surface area contributed by atoms with Crippen LogP contribution in [0.1, 0.15) is 37.8 Å². The molecule has 2 fully saturated rings. The fourth-order valence-corrected chi connectivity index (χ4v) is 4.11. The summed E-state index contributed by atoms with van der Waals surface area (Å²) in [5, 5.41) is 6.95. The number of ether oxygens (including phenoxy) is 1. The fourth-order valence-electron chi connectivity index (χ4n) is 4.11. The molecular formula is C23H40IN5O. The Labute approximate surface area is 199 Å². The average molecular weight is 530 g/mol. The van der Waals surface area contributed by atoms with Crippen LogP contribution in [0.5, 0.6) is 0 Å². The van der Waals surface area contributed by atoms with E-state index in [9.17, 15) is 0 Å². The highest BCUT2D eigenvalue weighted by atomic mass is 127. The first-order valence-electron chi connectivity index (χ1n) is 11.4. The number of rotatable bonds is 9. The molecule has 2 saturated heterocycles. The maximum absolute atomic E-state index is 5.48. The molecule has 0 bridgehead atoms. The summed E-state index contributed by atoms with van der Waals surface area (Å²) in [4.78, 5) is 9.93. The molecule has 7 heteroatoms. The molecule has 2 aliphatic rings. The highest BCUT2D eigenvalue weighted by Crippen LogP contribution is 2.14. The zero-order valence-corrected chi connectivity index (χ0v) is 21.1. The van der Waals surface area contributed by atoms with Gasteiger partial charge in [0.05, 0.1) is 19.8 Å². The van der Waals surface area contributed by atoms with Gasteiger partial charge in [-0.3, -0.25) is 4.90 Å². The Morgan fingerprint density at radius 1 is 1.03 bits per heavy atom. The van der Waals surface area contributed by atoms with Crippen molar-refractivity contribution >= 4 is 29.9 Å². The maximum atomic E-state index is 5.48. The summed E-state index contributed by atoms with van der Waals surface area (Å²) < 4.78 is 5.48. The van der Waals surface area contributed by atoms with E-state index >= 15 is 0 Å². The van der Waals surface area contributed by atoms with E-state index in [2.05, 4.69) is 58.5 Å². The molecule has 2 heterocycles. The summed E-state index contributed by atoms with van der Waals surface area (Å²) in [6.45, 7) is 15.4. The van der Waals surface area contributed by atoms with E-state index in [-0.39, 0.29) is 24.0 Å². The highest BCUT2D eigenvalue weighted by Gasteiger charge is 2.15. The van der Waals surface area contributed by atoms with Gasteiger partial charge in [0, 0.05) is 39.3 Å². The number of nitrogens with zero attached hydrogens (tertiary/aromatic N) is 3. The van der Waals surface area contributed by atoms with Crippen LogP contribution in [-0.4, -0.2) is 74.8 Å². The molecule has 1 aromatic carbocycles. The van der Waals surface area contributed by atoms with Gasteiger partial charge in [-0.25, -0.2) is 4.99 Å². The lowest BCUT2D eigenvalue weighted by Crippen LogP contribution is -2.41. The smallest absolute Gasteiger partial charge is 0.191 e. The predicted molar refractivity (Wildman–Crippen MR) is 136 cm³/mol. The van der Waals surface area contributed by atoms with E-state index in [4.69, 9.17) is 9.73 Å². The molecule has 2 N–H and O–H groups in total. The van der Waals surface area contributed by atoms with Crippen LogP contribution in [0.4, 0.5) is 0 Å². The second-order valence-corrected chi connectivity index (χ2v) is 8.35. The molecule has 0 aliphatic carbocycles. The Bertz CT molecular complexity index is 630. The van der Waals surface area contributed by atoms with Crippen LogP contribution in [0.2, 0.25) is 0 Å². The molecule has 0 saturated carbocycles. The summed E-state index contributed by atoms with van der Waals surface area (Å²) in [6.07, 6.45) is 2.71. The van der Waals surface area contributed by atoms with Gasteiger partial charge in [-0.2, -0.15) is 0 Å². The third kappa shape index (κ3) is 8.69. The van der Waals surface area contributed by atoms with Crippen LogP contribution in [0.15, 0.2) is 29.3 Å². The average Bonchev–Trinajstić information content (AvgIpc) is 3.25. The number of halogens is 1. The van der Waals surface area contributed by atoms with Crippen molar-refractivity contribution in [3.63, 3.8) is 0 Å². The minimum Gasteiger partial charge on any atom is -0.379 e. The molecule has 3 rings (SSSR count). The molecule has 2 aliphatic heterocycles. The second kappa shape index (κ2) is 14.2. The van der Waals surface area contributed by atoms with Crippen molar-refractivity contribution in [3.05, 3.63) is 35.4 Å². The number of likely N-dealkylation sites (tertiary alicyclic amines) is 1. The van der Waals surface area contributed by atoms with E-state index in [1.54, 1.807) is 0 Å². The number of hydrogen-bond acceptors (Lipinski definition) is 4. The molecule has 0 amide bonds. The van der Waals surface area contributed by atoms with Crippen molar-refractivity contribution in [2.75, 3.05) is 59.0 Å². The Kier molecular flexibility index (Phi) is 12.0. The molecule has 6 nitrogen and oxygen atoms in total. The summed E-state index contributed by atoms with van der Waals surface area (Å²) in [5.74, 6) is 1.53. The first kappa shape index (κ1) is 25.4. The van der Waals surface area contributed by atoms with Crippen molar-refractivity contribution < 1.29 is 4.74 Å². The maximum Gasteiger partial charge on any atom is 0.191 e. The van der Waals surface area contributed by atoms with Crippen LogP contribution < -0.4 is 10.6 Å². The molecule has 30 heavy (non-hydrogen) atoms. The first-order chi connectivity index (χ1) is 14.2. The van der Waals surface area contributed by atoms with Crippen LogP contribution in [-0.2, 0) is 17.8 Å². The van der Waals surface area contributed by atoms with Crippen LogP contribution >= 0.6 is 24.0 Å². The molecule has 0 aromatic heterocycles. The second-order valence-electron chi connectivity index (χ2n) is 8.35. The lowest BCUT2D eigenvalue weighted by molar-refractivity contribution is 0.0341.